The van der Waals surface area contributed by atoms with Crippen molar-refractivity contribution < 1.29 is 9.47 Å². The van der Waals surface area contributed by atoms with Crippen LogP contribution in [0.25, 0.3) is 10.8 Å². The Morgan fingerprint density at radius 2 is 1.86 bits per heavy atom. The van der Waals surface area contributed by atoms with Gasteiger partial charge in [-0.05, 0) is 35.0 Å². The summed E-state index contributed by atoms with van der Waals surface area (Å²) < 4.78 is 11.4. The van der Waals surface area contributed by atoms with Gasteiger partial charge in [0.05, 0.1) is 19.8 Å². The zero-order valence-electron chi connectivity index (χ0n) is 12.0. The third-order valence-corrected chi connectivity index (χ3v) is 3.62. The highest BCUT2D eigenvalue weighted by Gasteiger charge is 2.15. The lowest BCUT2D eigenvalue weighted by molar-refractivity contribution is 0.0256. The van der Waals surface area contributed by atoms with E-state index in [4.69, 9.17) is 15.2 Å². The van der Waals surface area contributed by atoms with Gasteiger partial charge in [-0.1, -0.05) is 24.0 Å². The summed E-state index contributed by atoms with van der Waals surface area (Å²) in [5.41, 5.74) is 6.39. The molecule has 1 saturated heterocycles. The van der Waals surface area contributed by atoms with Gasteiger partial charge in [-0.2, -0.15) is 0 Å². The molecule has 1 fully saturated rings. The first-order chi connectivity index (χ1) is 10.3. The van der Waals surface area contributed by atoms with Crippen LogP contribution in [0.1, 0.15) is 18.4 Å². The Balaban J connectivity index is 1.79. The van der Waals surface area contributed by atoms with Gasteiger partial charge in [-0.25, -0.2) is 0 Å². The fourth-order valence-electron chi connectivity index (χ4n) is 2.51. The molecule has 1 aliphatic rings. The molecule has 0 atom stereocenters. The number of benzene rings is 2. The van der Waals surface area contributed by atoms with Gasteiger partial charge in [0.1, 0.15) is 11.9 Å². The van der Waals surface area contributed by atoms with Gasteiger partial charge in [0.25, 0.3) is 0 Å². The van der Waals surface area contributed by atoms with Crippen molar-refractivity contribution in [3.63, 3.8) is 0 Å². The molecule has 2 N–H and O–H groups in total. The lowest BCUT2D eigenvalue weighted by Gasteiger charge is -2.23. The predicted octanol–water partition coefficient (Wildman–Crippen LogP) is 2.71. The second-order valence-electron chi connectivity index (χ2n) is 5.16. The maximum absolute atomic E-state index is 6.03. The molecule has 3 rings (SSSR count). The van der Waals surface area contributed by atoms with E-state index in [1.54, 1.807) is 0 Å². The van der Waals surface area contributed by atoms with Gasteiger partial charge in [0.15, 0.2) is 0 Å². The van der Waals surface area contributed by atoms with Crippen LogP contribution in [-0.4, -0.2) is 25.9 Å². The van der Waals surface area contributed by atoms with Crippen LogP contribution in [-0.2, 0) is 4.74 Å². The summed E-state index contributed by atoms with van der Waals surface area (Å²) in [4.78, 5) is 0. The lowest BCUT2D eigenvalue weighted by atomic mass is 10.1. The minimum Gasteiger partial charge on any atom is -0.490 e. The van der Waals surface area contributed by atoms with E-state index in [0.717, 1.165) is 48.1 Å². The van der Waals surface area contributed by atoms with Crippen molar-refractivity contribution in [1.29, 1.82) is 0 Å². The SMILES string of the molecule is NCC#Cc1ccc2cc(OC3CCOCC3)ccc2c1. The monoisotopic (exact) mass is 281 g/mol. The summed E-state index contributed by atoms with van der Waals surface area (Å²) in [6.45, 7) is 1.97. The van der Waals surface area contributed by atoms with Crippen molar-refractivity contribution in [1.82, 2.24) is 0 Å². The zero-order chi connectivity index (χ0) is 14.5. The normalized spacial score (nSPS) is 15.5. The van der Waals surface area contributed by atoms with E-state index in [-0.39, 0.29) is 6.10 Å². The van der Waals surface area contributed by atoms with Crippen molar-refractivity contribution in [3.8, 4) is 17.6 Å². The van der Waals surface area contributed by atoms with Gasteiger partial charge in [-0.15, -0.1) is 0 Å². The second-order valence-corrected chi connectivity index (χ2v) is 5.16. The highest BCUT2D eigenvalue weighted by molar-refractivity contribution is 5.85. The summed E-state index contributed by atoms with van der Waals surface area (Å²) in [6, 6.07) is 12.4. The summed E-state index contributed by atoms with van der Waals surface area (Å²) in [6.07, 6.45) is 2.20. The van der Waals surface area contributed by atoms with E-state index in [1.807, 2.05) is 12.1 Å². The summed E-state index contributed by atoms with van der Waals surface area (Å²) in [5, 5.41) is 2.33. The average molecular weight is 281 g/mol. The Bertz CT molecular complexity index is 678. The molecule has 2 aromatic rings. The molecule has 3 nitrogen and oxygen atoms in total. The standard InChI is InChI=1S/C18H19NO2/c19-9-1-2-14-3-4-16-13-18(6-5-15(16)12-14)21-17-7-10-20-11-8-17/h3-6,12-13,17H,7-11,19H2. The van der Waals surface area contributed by atoms with Gasteiger partial charge in [0.2, 0.25) is 0 Å². The molecule has 0 radical (unpaired) electrons. The number of rotatable bonds is 2. The molecule has 1 aliphatic heterocycles. The van der Waals surface area contributed by atoms with Crippen LogP contribution in [0.5, 0.6) is 5.75 Å². The Morgan fingerprint density at radius 1 is 1.10 bits per heavy atom. The van der Waals surface area contributed by atoms with Crippen molar-refractivity contribution in [2.45, 2.75) is 18.9 Å². The van der Waals surface area contributed by atoms with Gasteiger partial charge >= 0.3 is 0 Å². The fourth-order valence-corrected chi connectivity index (χ4v) is 2.51. The third-order valence-electron chi connectivity index (χ3n) is 3.62. The quantitative estimate of drug-likeness (QED) is 0.861. The minimum absolute atomic E-state index is 0.269. The van der Waals surface area contributed by atoms with Crippen molar-refractivity contribution in [2.75, 3.05) is 19.8 Å². The Kier molecular flexibility index (Phi) is 4.40. The highest BCUT2D eigenvalue weighted by Crippen LogP contribution is 2.24. The molecule has 0 bridgehead atoms. The molecule has 0 spiro atoms. The minimum atomic E-state index is 0.269. The average Bonchev–Trinajstić information content (AvgIpc) is 2.54. The molecule has 2 aromatic carbocycles. The van der Waals surface area contributed by atoms with Gasteiger partial charge in [0, 0.05) is 18.4 Å². The number of nitrogens with two attached hydrogens (primary N) is 1. The largest absolute Gasteiger partial charge is 0.490 e. The molecule has 0 saturated carbocycles. The van der Waals surface area contributed by atoms with E-state index in [9.17, 15) is 0 Å². The molecular formula is C18H19NO2. The molecule has 0 aliphatic carbocycles. The summed E-state index contributed by atoms with van der Waals surface area (Å²) in [7, 11) is 0. The Labute approximate surface area is 125 Å². The van der Waals surface area contributed by atoms with Gasteiger partial charge < -0.3 is 15.2 Å². The molecule has 0 aromatic heterocycles. The van der Waals surface area contributed by atoms with E-state index >= 15 is 0 Å². The maximum atomic E-state index is 6.03. The van der Waals surface area contributed by atoms with Crippen LogP contribution in [0.15, 0.2) is 36.4 Å². The van der Waals surface area contributed by atoms with Crippen LogP contribution in [0.4, 0.5) is 0 Å². The second kappa shape index (κ2) is 6.62. The van der Waals surface area contributed by atoms with Crippen LogP contribution in [0.3, 0.4) is 0 Å². The van der Waals surface area contributed by atoms with Crippen LogP contribution < -0.4 is 10.5 Å². The molecule has 0 unspecified atom stereocenters. The fraction of sp³-hybridized carbons (Fsp3) is 0.333. The van der Waals surface area contributed by atoms with Gasteiger partial charge in [-0.3, -0.25) is 0 Å². The predicted molar refractivity (Wildman–Crippen MR) is 84.3 cm³/mol. The smallest absolute Gasteiger partial charge is 0.120 e. The number of fused-ring (bicyclic) bond motifs is 1. The molecule has 21 heavy (non-hydrogen) atoms. The number of hydrogen-bond acceptors (Lipinski definition) is 3. The number of hydrogen-bond donors (Lipinski definition) is 1. The van der Waals surface area contributed by atoms with Crippen molar-refractivity contribution >= 4 is 10.8 Å². The summed E-state index contributed by atoms with van der Waals surface area (Å²) >= 11 is 0. The molecule has 0 amide bonds. The lowest BCUT2D eigenvalue weighted by Crippen LogP contribution is -2.25. The third kappa shape index (κ3) is 3.55. The molecule has 108 valence electrons. The molecule has 1 heterocycles. The maximum Gasteiger partial charge on any atom is 0.120 e. The van der Waals surface area contributed by atoms with E-state index in [0.29, 0.717) is 6.54 Å². The Morgan fingerprint density at radius 3 is 2.67 bits per heavy atom. The first kappa shape index (κ1) is 13.9. The van der Waals surface area contributed by atoms with E-state index in [1.165, 1.54) is 0 Å². The first-order valence-electron chi connectivity index (χ1n) is 7.32. The first-order valence-corrected chi connectivity index (χ1v) is 7.32. The van der Waals surface area contributed by atoms with E-state index in [2.05, 4.69) is 36.1 Å². The van der Waals surface area contributed by atoms with Crippen LogP contribution in [0.2, 0.25) is 0 Å². The molecular weight excluding hydrogens is 262 g/mol. The number of ether oxygens (including phenoxy) is 2. The molecule has 3 heteroatoms. The topological polar surface area (TPSA) is 44.5 Å². The zero-order valence-corrected chi connectivity index (χ0v) is 12.0. The summed E-state index contributed by atoms with van der Waals surface area (Å²) in [5.74, 6) is 6.86. The van der Waals surface area contributed by atoms with E-state index < -0.39 is 0 Å². The van der Waals surface area contributed by atoms with Crippen LogP contribution >= 0.6 is 0 Å². The van der Waals surface area contributed by atoms with Crippen LogP contribution in [0, 0.1) is 11.8 Å². The van der Waals surface area contributed by atoms with Crippen molar-refractivity contribution in [3.05, 3.63) is 42.0 Å². The van der Waals surface area contributed by atoms with Crippen molar-refractivity contribution in [2.24, 2.45) is 5.73 Å². The highest BCUT2D eigenvalue weighted by atomic mass is 16.5. The Hall–Kier alpha value is -2.02.